The van der Waals surface area contributed by atoms with Gasteiger partial charge in [-0.2, -0.15) is 0 Å². The van der Waals surface area contributed by atoms with E-state index in [0.717, 1.165) is 50.3 Å². The molecular formula is C20H25Cl2NO3. The van der Waals surface area contributed by atoms with Gasteiger partial charge in [-0.25, -0.2) is 0 Å². The summed E-state index contributed by atoms with van der Waals surface area (Å²) in [5.74, 6) is 1.23. The number of alkyl halides is 1. The summed E-state index contributed by atoms with van der Waals surface area (Å²) in [7, 11) is 0. The second-order valence-electron chi connectivity index (χ2n) is 8.44. The predicted octanol–water partition coefficient (Wildman–Crippen LogP) is 4.44. The van der Waals surface area contributed by atoms with Crippen molar-refractivity contribution in [1.82, 2.24) is 4.90 Å². The van der Waals surface area contributed by atoms with Gasteiger partial charge >= 0.3 is 0 Å². The lowest BCUT2D eigenvalue weighted by Gasteiger charge is -2.54. The number of ether oxygens (including phenoxy) is 2. The normalized spacial score (nSPS) is 28.8. The molecule has 0 aliphatic carbocycles. The first-order chi connectivity index (χ1) is 12.3. The van der Waals surface area contributed by atoms with Crippen molar-refractivity contribution in [2.45, 2.75) is 44.8 Å². The van der Waals surface area contributed by atoms with Crippen molar-refractivity contribution >= 4 is 29.1 Å². The Kier molecular flexibility index (Phi) is 4.65. The molecule has 4 rings (SSSR count). The van der Waals surface area contributed by atoms with E-state index in [9.17, 15) is 4.79 Å². The average Bonchev–Trinajstić information content (AvgIpc) is 2.62. The molecule has 1 aromatic carbocycles. The minimum Gasteiger partial charge on any atom is -0.487 e. The Bertz CT molecular complexity index is 713. The summed E-state index contributed by atoms with van der Waals surface area (Å²) < 4.78 is 12.8. The van der Waals surface area contributed by atoms with Gasteiger partial charge in [-0.05, 0) is 56.7 Å². The Morgan fingerprint density at radius 2 is 2.04 bits per heavy atom. The van der Waals surface area contributed by atoms with Gasteiger partial charge < -0.3 is 14.4 Å². The second kappa shape index (κ2) is 6.57. The number of likely N-dealkylation sites (tertiary alicyclic amines) is 1. The Balaban J connectivity index is 1.56. The average molecular weight is 398 g/mol. The molecule has 1 spiro atoms. The van der Waals surface area contributed by atoms with Crippen LogP contribution < -0.4 is 4.74 Å². The van der Waals surface area contributed by atoms with Gasteiger partial charge in [-0.3, -0.25) is 4.79 Å². The first-order valence-electron chi connectivity index (χ1n) is 9.27. The van der Waals surface area contributed by atoms with Crippen molar-refractivity contribution in [3.05, 3.63) is 28.8 Å². The number of piperidine rings is 1. The maximum Gasteiger partial charge on any atom is 0.237 e. The van der Waals surface area contributed by atoms with Crippen molar-refractivity contribution in [1.29, 1.82) is 0 Å². The van der Waals surface area contributed by atoms with E-state index in [2.05, 4.69) is 13.8 Å². The minimum absolute atomic E-state index is 0.0144. The summed E-state index contributed by atoms with van der Waals surface area (Å²) in [5, 5.41) is 0.711. The molecule has 3 heterocycles. The van der Waals surface area contributed by atoms with E-state index < -0.39 is 0 Å². The molecule has 2 atom stereocenters. The molecule has 0 radical (unpaired) electrons. The monoisotopic (exact) mass is 397 g/mol. The van der Waals surface area contributed by atoms with Crippen molar-refractivity contribution in [2.24, 2.45) is 11.3 Å². The third-order valence-corrected chi connectivity index (χ3v) is 6.89. The number of fused-ring (bicyclic) bond motifs is 3. The highest BCUT2D eigenvalue weighted by atomic mass is 35.5. The number of benzene rings is 1. The van der Waals surface area contributed by atoms with Gasteiger partial charge in [0.05, 0.1) is 12.7 Å². The van der Waals surface area contributed by atoms with Crippen LogP contribution in [0.1, 0.15) is 44.8 Å². The quantitative estimate of drug-likeness (QED) is 0.657. The topological polar surface area (TPSA) is 38.8 Å². The fourth-order valence-electron chi connectivity index (χ4n) is 4.79. The van der Waals surface area contributed by atoms with Gasteiger partial charge in [-0.1, -0.05) is 11.6 Å². The molecule has 2 unspecified atom stereocenters. The largest absolute Gasteiger partial charge is 0.487 e. The zero-order valence-electron chi connectivity index (χ0n) is 15.3. The molecule has 1 aromatic rings. The summed E-state index contributed by atoms with van der Waals surface area (Å²) >= 11 is 11.9. The summed E-state index contributed by atoms with van der Waals surface area (Å²) in [5.41, 5.74) is 0.870. The smallest absolute Gasteiger partial charge is 0.237 e. The van der Waals surface area contributed by atoms with E-state index in [1.54, 1.807) is 0 Å². The molecule has 3 aliphatic heterocycles. The van der Waals surface area contributed by atoms with Crippen LogP contribution in [0.25, 0.3) is 0 Å². The number of hydrogen-bond acceptors (Lipinski definition) is 3. The van der Waals surface area contributed by atoms with Crippen LogP contribution in [0, 0.1) is 11.3 Å². The van der Waals surface area contributed by atoms with Crippen LogP contribution in [-0.2, 0) is 9.53 Å². The lowest BCUT2D eigenvalue weighted by atomic mass is 9.64. The number of nitrogens with zero attached hydrogens (tertiary/aromatic N) is 1. The number of halogens is 2. The summed E-state index contributed by atoms with van der Waals surface area (Å²) in [6, 6.07) is 5.79. The second-order valence-corrected chi connectivity index (χ2v) is 9.15. The fraction of sp³-hybridized carbons (Fsp3) is 0.650. The zero-order chi connectivity index (χ0) is 18.5. The van der Waals surface area contributed by atoms with E-state index >= 15 is 0 Å². The van der Waals surface area contributed by atoms with Crippen LogP contribution >= 0.6 is 23.2 Å². The molecule has 0 bridgehead atoms. The van der Waals surface area contributed by atoms with Gasteiger partial charge in [0, 0.05) is 29.6 Å². The van der Waals surface area contributed by atoms with Crippen LogP contribution in [0.2, 0.25) is 5.02 Å². The first kappa shape index (κ1) is 18.4. The number of carbonyl (C=O) groups excluding carboxylic acids is 1. The van der Waals surface area contributed by atoms with Crippen molar-refractivity contribution < 1.29 is 14.3 Å². The summed E-state index contributed by atoms with van der Waals surface area (Å²) in [6.45, 7) is 6.54. The molecule has 2 saturated heterocycles. The molecule has 0 aromatic heterocycles. The number of amides is 1. The highest BCUT2D eigenvalue weighted by molar-refractivity contribution is 6.30. The molecule has 26 heavy (non-hydrogen) atoms. The molecule has 3 aliphatic rings. The number of rotatable bonds is 1. The predicted molar refractivity (Wildman–Crippen MR) is 102 cm³/mol. The number of hydrogen-bond donors (Lipinski definition) is 0. The van der Waals surface area contributed by atoms with Gasteiger partial charge in [0.15, 0.2) is 0 Å². The van der Waals surface area contributed by atoms with E-state index in [1.807, 2.05) is 23.1 Å². The SMILES string of the molecule is CC1(C)Oc2ccc(Cl)cc2C2OCC3(CCN(C(=O)CCl)CC3)CC21. The Morgan fingerprint density at radius 3 is 2.73 bits per heavy atom. The van der Waals surface area contributed by atoms with Gasteiger partial charge in [0.25, 0.3) is 0 Å². The zero-order valence-corrected chi connectivity index (χ0v) is 16.8. The highest BCUT2D eigenvalue weighted by Crippen LogP contribution is 2.55. The summed E-state index contributed by atoms with van der Waals surface area (Å²) in [6.07, 6.45) is 2.97. The Morgan fingerprint density at radius 1 is 1.31 bits per heavy atom. The maximum atomic E-state index is 11.9. The van der Waals surface area contributed by atoms with E-state index in [0.29, 0.717) is 5.02 Å². The third kappa shape index (κ3) is 3.10. The lowest BCUT2D eigenvalue weighted by Crippen LogP contribution is -2.54. The minimum atomic E-state index is -0.304. The molecule has 142 valence electrons. The maximum absolute atomic E-state index is 11.9. The summed E-state index contributed by atoms with van der Waals surface area (Å²) in [4.78, 5) is 13.7. The Labute approximate surface area is 164 Å². The molecule has 0 N–H and O–H groups in total. The highest BCUT2D eigenvalue weighted by Gasteiger charge is 2.52. The van der Waals surface area contributed by atoms with Crippen molar-refractivity contribution in [3.8, 4) is 5.75 Å². The van der Waals surface area contributed by atoms with Crippen LogP contribution in [0.15, 0.2) is 18.2 Å². The molecule has 4 nitrogen and oxygen atoms in total. The van der Waals surface area contributed by atoms with E-state index in [4.69, 9.17) is 32.7 Å². The molecule has 0 saturated carbocycles. The van der Waals surface area contributed by atoms with Crippen LogP contribution in [0.5, 0.6) is 5.75 Å². The molecule has 6 heteroatoms. The van der Waals surface area contributed by atoms with Gasteiger partial charge in [-0.15, -0.1) is 11.6 Å². The van der Waals surface area contributed by atoms with Crippen LogP contribution in [-0.4, -0.2) is 42.0 Å². The van der Waals surface area contributed by atoms with Gasteiger partial charge in [0.2, 0.25) is 5.91 Å². The Hall–Kier alpha value is -0.970. The molecule has 1 amide bonds. The first-order valence-corrected chi connectivity index (χ1v) is 10.2. The number of carbonyl (C=O) groups is 1. The standard InChI is InChI=1S/C20H25Cl2NO3/c1-19(2)15-10-20(5-7-23(8-6-20)17(24)11-21)12-25-18(15)14-9-13(22)3-4-16(14)26-19/h3-4,9,15,18H,5-8,10-12H2,1-2H3. The van der Waals surface area contributed by atoms with E-state index in [1.165, 1.54) is 0 Å². The molecular weight excluding hydrogens is 373 g/mol. The van der Waals surface area contributed by atoms with Crippen molar-refractivity contribution in [3.63, 3.8) is 0 Å². The van der Waals surface area contributed by atoms with Crippen molar-refractivity contribution in [2.75, 3.05) is 25.6 Å². The lowest BCUT2D eigenvalue weighted by molar-refractivity contribution is -0.175. The fourth-order valence-corrected chi connectivity index (χ4v) is 5.14. The van der Waals surface area contributed by atoms with Gasteiger partial charge in [0.1, 0.15) is 17.2 Å². The van der Waals surface area contributed by atoms with Crippen LogP contribution in [0.4, 0.5) is 0 Å². The molecule has 2 fully saturated rings. The van der Waals surface area contributed by atoms with E-state index in [-0.39, 0.29) is 34.8 Å². The van der Waals surface area contributed by atoms with Crippen LogP contribution in [0.3, 0.4) is 0 Å². The third-order valence-electron chi connectivity index (χ3n) is 6.42.